The molecule has 0 spiro atoms. The highest BCUT2D eigenvalue weighted by Crippen LogP contribution is 2.31. The van der Waals surface area contributed by atoms with Crippen LogP contribution in [0.15, 0.2) is 54.6 Å². The molecule has 1 fully saturated rings. The van der Waals surface area contributed by atoms with Crippen molar-refractivity contribution in [2.24, 2.45) is 0 Å². The van der Waals surface area contributed by atoms with Crippen LogP contribution >= 0.6 is 11.6 Å². The summed E-state index contributed by atoms with van der Waals surface area (Å²) in [5.74, 6) is 0.0182. The Morgan fingerprint density at radius 2 is 1.78 bits per heavy atom. The van der Waals surface area contributed by atoms with E-state index < -0.39 is 0 Å². The quantitative estimate of drug-likeness (QED) is 0.919. The van der Waals surface area contributed by atoms with E-state index in [9.17, 15) is 4.79 Å². The second kappa shape index (κ2) is 6.50. The first-order valence-electron chi connectivity index (χ1n) is 7.72. The average Bonchev–Trinajstić information content (AvgIpc) is 2.87. The standard InChI is InChI=1S/C18H20ClN3O/c1-13-12-18(20-16-10-8-15(19)9-11-16)22(14(2)23)21(13)17-6-4-3-5-7-17/h3-11,13,18,20H,12H2,1-2H3/t13-,18+/m1/s1. The molecule has 0 bridgehead atoms. The Labute approximate surface area is 141 Å². The number of anilines is 2. The van der Waals surface area contributed by atoms with Crippen LogP contribution < -0.4 is 10.3 Å². The molecule has 2 aromatic carbocycles. The Hall–Kier alpha value is -2.20. The first-order chi connectivity index (χ1) is 11.1. The molecule has 23 heavy (non-hydrogen) atoms. The van der Waals surface area contributed by atoms with E-state index in [1.54, 1.807) is 11.9 Å². The van der Waals surface area contributed by atoms with Crippen molar-refractivity contribution in [3.63, 3.8) is 0 Å². The molecular formula is C18H20ClN3O. The highest BCUT2D eigenvalue weighted by Gasteiger charge is 2.38. The van der Waals surface area contributed by atoms with Crippen LogP contribution in [0.2, 0.25) is 5.02 Å². The smallest absolute Gasteiger partial charge is 0.239 e. The third kappa shape index (κ3) is 3.27. The van der Waals surface area contributed by atoms with Crippen molar-refractivity contribution >= 4 is 28.9 Å². The zero-order chi connectivity index (χ0) is 16.4. The fraction of sp³-hybridized carbons (Fsp3) is 0.278. The zero-order valence-corrected chi connectivity index (χ0v) is 14.0. The number of hydrogen-bond acceptors (Lipinski definition) is 3. The van der Waals surface area contributed by atoms with Crippen LogP contribution in [0.25, 0.3) is 0 Å². The Balaban J connectivity index is 1.86. The third-order valence-electron chi connectivity index (χ3n) is 4.03. The second-order valence-electron chi connectivity index (χ2n) is 5.80. The van der Waals surface area contributed by atoms with Crippen molar-refractivity contribution in [2.75, 3.05) is 10.3 Å². The van der Waals surface area contributed by atoms with E-state index >= 15 is 0 Å². The van der Waals surface area contributed by atoms with E-state index in [2.05, 4.69) is 17.2 Å². The predicted molar refractivity (Wildman–Crippen MR) is 94.4 cm³/mol. The van der Waals surface area contributed by atoms with Gasteiger partial charge in [0.2, 0.25) is 5.91 Å². The number of nitrogens with one attached hydrogen (secondary N) is 1. The number of para-hydroxylation sites is 1. The summed E-state index contributed by atoms with van der Waals surface area (Å²) in [5.41, 5.74) is 1.98. The molecule has 4 nitrogen and oxygen atoms in total. The van der Waals surface area contributed by atoms with Crippen LogP contribution in [0.1, 0.15) is 20.3 Å². The van der Waals surface area contributed by atoms with Gasteiger partial charge in [-0.3, -0.25) is 9.80 Å². The molecular weight excluding hydrogens is 310 g/mol. The summed E-state index contributed by atoms with van der Waals surface area (Å²) >= 11 is 5.93. The lowest BCUT2D eigenvalue weighted by molar-refractivity contribution is -0.129. The normalized spacial score (nSPS) is 20.7. The maximum absolute atomic E-state index is 12.3. The molecule has 0 radical (unpaired) electrons. The van der Waals surface area contributed by atoms with Crippen LogP contribution in [0.3, 0.4) is 0 Å². The number of carbonyl (C=O) groups excluding carboxylic acids is 1. The molecule has 0 unspecified atom stereocenters. The van der Waals surface area contributed by atoms with Crippen molar-refractivity contribution < 1.29 is 4.79 Å². The van der Waals surface area contributed by atoms with Gasteiger partial charge in [-0.25, -0.2) is 5.01 Å². The molecule has 2 atom stereocenters. The molecule has 2 aromatic rings. The minimum Gasteiger partial charge on any atom is -0.364 e. The fourth-order valence-corrected chi connectivity index (χ4v) is 3.20. The summed E-state index contributed by atoms with van der Waals surface area (Å²) in [6.07, 6.45) is 0.765. The van der Waals surface area contributed by atoms with Gasteiger partial charge >= 0.3 is 0 Å². The van der Waals surface area contributed by atoms with Crippen LogP contribution in [0, 0.1) is 0 Å². The van der Waals surface area contributed by atoms with E-state index in [1.165, 1.54) is 0 Å². The van der Waals surface area contributed by atoms with Crippen LogP contribution in [0.5, 0.6) is 0 Å². The first kappa shape index (κ1) is 15.7. The first-order valence-corrected chi connectivity index (χ1v) is 8.10. The van der Waals surface area contributed by atoms with E-state index in [0.29, 0.717) is 5.02 Å². The van der Waals surface area contributed by atoms with Crippen molar-refractivity contribution in [3.05, 3.63) is 59.6 Å². The fourth-order valence-electron chi connectivity index (χ4n) is 3.07. The SMILES string of the molecule is CC(=O)N1[C@H](Nc2ccc(Cl)cc2)C[C@@H](C)N1c1ccccc1. The molecule has 0 aliphatic carbocycles. The topological polar surface area (TPSA) is 35.6 Å². The van der Waals surface area contributed by atoms with Gasteiger partial charge in [0.1, 0.15) is 6.17 Å². The third-order valence-corrected chi connectivity index (χ3v) is 4.28. The lowest BCUT2D eigenvalue weighted by Crippen LogP contribution is -2.48. The van der Waals surface area contributed by atoms with Crippen LogP contribution in [-0.2, 0) is 4.79 Å². The number of amides is 1. The molecule has 5 heteroatoms. The van der Waals surface area contributed by atoms with Gasteiger partial charge < -0.3 is 5.32 Å². The van der Waals surface area contributed by atoms with Gasteiger partial charge in [0.25, 0.3) is 0 Å². The number of hydrazine groups is 1. The monoisotopic (exact) mass is 329 g/mol. The van der Waals surface area contributed by atoms with Crippen molar-refractivity contribution in [2.45, 2.75) is 32.5 Å². The molecule has 120 valence electrons. The maximum Gasteiger partial charge on any atom is 0.239 e. The lowest BCUT2D eigenvalue weighted by atomic mass is 10.2. The molecule has 1 saturated heterocycles. The molecule has 0 saturated carbocycles. The summed E-state index contributed by atoms with van der Waals surface area (Å²) in [7, 11) is 0. The number of rotatable bonds is 3. The van der Waals surface area contributed by atoms with Crippen molar-refractivity contribution in [3.8, 4) is 0 Å². The molecule has 1 amide bonds. The number of benzene rings is 2. The van der Waals surface area contributed by atoms with Gasteiger partial charge in [0, 0.05) is 24.1 Å². The van der Waals surface area contributed by atoms with E-state index in [4.69, 9.17) is 11.6 Å². The summed E-state index contributed by atoms with van der Waals surface area (Å²) in [6, 6.07) is 17.8. The van der Waals surface area contributed by atoms with Crippen LogP contribution in [0.4, 0.5) is 11.4 Å². The predicted octanol–water partition coefficient (Wildman–Crippen LogP) is 4.14. The van der Waals surface area contributed by atoms with Crippen molar-refractivity contribution in [1.82, 2.24) is 5.01 Å². The highest BCUT2D eigenvalue weighted by atomic mass is 35.5. The number of nitrogens with zero attached hydrogens (tertiary/aromatic N) is 2. The summed E-state index contributed by atoms with van der Waals surface area (Å²) in [5, 5.41) is 8.00. The van der Waals surface area contributed by atoms with Gasteiger partial charge in [-0.1, -0.05) is 29.8 Å². The molecule has 1 aliphatic rings. The number of halogens is 1. The molecule has 1 heterocycles. The largest absolute Gasteiger partial charge is 0.364 e. The Morgan fingerprint density at radius 3 is 2.39 bits per heavy atom. The number of hydrogen-bond donors (Lipinski definition) is 1. The van der Waals surface area contributed by atoms with E-state index in [1.807, 2.05) is 54.6 Å². The van der Waals surface area contributed by atoms with Gasteiger partial charge in [-0.2, -0.15) is 0 Å². The van der Waals surface area contributed by atoms with E-state index in [-0.39, 0.29) is 18.1 Å². The van der Waals surface area contributed by atoms with Crippen LogP contribution in [-0.4, -0.2) is 23.1 Å². The minimum atomic E-state index is -0.0797. The van der Waals surface area contributed by atoms with Gasteiger partial charge in [-0.05, 0) is 43.3 Å². The van der Waals surface area contributed by atoms with E-state index in [0.717, 1.165) is 17.8 Å². The summed E-state index contributed by atoms with van der Waals surface area (Å²) in [6.45, 7) is 3.73. The summed E-state index contributed by atoms with van der Waals surface area (Å²) in [4.78, 5) is 12.3. The van der Waals surface area contributed by atoms with Gasteiger partial charge in [-0.15, -0.1) is 0 Å². The minimum absolute atomic E-state index is 0.0182. The molecule has 3 rings (SSSR count). The second-order valence-corrected chi connectivity index (χ2v) is 6.23. The maximum atomic E-state index is 12.3. The Bertz CT molecular complexity index is 674. The van der Waals surface area contributed by atoms with Gasteiger partial charge in [0.05, 0.1) is 11.7 Å². The lowest BCUT2D eigenvalue weighted by Gasteiger charge is -2.35. The van der Waals surface area contributed by atoms with Gasteiger partial charge in [0.15, 0.2) is 0 Å². The zero-order valence-electron chi connectivity index (χ0n) is 13.2. The Kier molecular flexibility index (Phi) is 4.44. The molecule has 1 N–H and O–H groups in total. The highest BCUT2D eigenvalue weighted by molar-refractivity contribution is 6.30. The summed E-state index contributed by atoms with van der Waals surface area (Å²) < 4.78 is 0. The number of carbonyl (C=O) groups is 1. The molecule has 1 aliphatic heterocycles. The molecule has 0 aromatic heterocycles. The Morgan fingerprint density at radius 1 is 1.13 bits per heavy atom. The average molecular weight is 330 g/mol. The van der Waals surface area contributed by atoms with Crippen molar-refractivity contribution in [1.29, 1.82) is 0 Å².